The van der Waals surface area contributed by atoms with Crippen molar-refractivity contribution in [2.75, 3.05) is 13.2 Å². The van der Waals surface area contributed by atoms with E-state index in [-0.39, 0.29) is 11.5 Å². The third-order valence-electron chi connectivity index (χ3n) is 7.51. The molecule has 0 amide bonds. The summed E-state index contributed by atoms with van der Waals surface area (Å²) in [7, 11) is 0. The van der Waals surface area contributed by atoms with E-state index in [0.717, 1.165) is 61.4 Å². The van der Waals surface area contributed by atoms with E-state index in [4.69, 9.17) is 9.47 Å². The normalized spacial score (nSPS) is 11.0. The molecule has 214 valence electrons. The van der Waals surface area contributed by atoms with Crippen LogP contribution in [0.2, 0.25) is 0 Å². The summed E-state index contributed by atoms with van der Waals surface area (Å²) in [4.78, 5) is 0. The lowest BCUT2D eigenvalue weighted by Gasteiger charge is -2.18. The van der Waals surface area contributed by atoms with Gasteiger partial charge in [-0.2, -0.15) is 0 Å². The molecule has 0 saturated carbocycles. The van der Waals surface area contributed by atoms with Crippen molar-refractivity contribution in [2.45, 2.75) is 41.0 Å². The van der Waals surface area contributed by atoms with Gasteiger partial charge < -0.3 is 19.7 Å². The van der Waals surface area contributed by atoms with Crippen molar-refractivity contribution in [2.24, 2.45) is 0 Å². The van der Waals surface area contributed by atoms with Crippen molar-refractivity contribution in [3.8, 4) is 56.4 Å². The first kappa shape index (κ1) is 28.8. The van der Waals surface area contributed by atoms with Gasteiger partial charge in [0, 0.05) is 34.2 Å². The zero-order chi connectivity index (χ0) is 29.8. The lowest BCUT2D eigenvalue weighted by Crippen LogP contribution is -2.06. The first-order valence-corrected chi connectivity index (χ1v) is 14.4. The minimum absolute atomic E-state index is 0.229. The Kier molecular flexibility index (Phi) is 8.53. The fraction of sp³-hybridized carbons (Fsp3) is 0.211. The first-order valence-electron chi connectivity index (χ1n) is 14.4. The Morgan fingerprint density at radius 1 is 0.500 bits per heavy atom. The number of aromatic hydroxyl groups is 2. The summed E-state index contributed by atoms with van der Waals surface area (Å²) >= 11 is 0. The highest BCUT2D eigenvalue weighted by atomic mass is 16.5. The molecule has 0 aromatic heterocycles. The predicted octanol–water partition coefficient (Wildman–Crippen LogP) is 9.49. The van der Waals surface area contributed by atoms with Crippen LogP contribution in [0, 0.1) is 34.6 Å². The number of benzene rings is 5. The topological polar surface area (TPSA) is 58.9 Å². The third-order valence-corrected chi connectivity index (χ3v) is 7.51. The van der Waals surface area contributed by atoms with E-state index in [9.17, 15) is 10.2 Å². The Balaban J connectivity index is 1.32. The van der Waals surface area contributed by atoms with Crippen molar-refractivity contribution in [3.05, 3.63) is 119 Å². The number of aryl methyl sites for hydroxylation is 5. The smallest absolute Gasteiger partial charge is 0.131 e. The predicted molar refractivity (Wildman–Crippen MR) is 172 cm³/mol. The van der Waals surface area contributed by atoms with Gasteiger partial charge in [-0.05, 0) is 93.3 Å². The van der Waals surface area contributed by atoms with E-state index in [1.165, 1.54) is 5.56 Å². The number of phenolic OH excluding ortho intramolecular Hbond substituents is 2. The van der Waals surface area contributed by atoms with Crippen molar-refractivity contribution >= 4 is 0 Å². The van der Waals surface area contributed by atoms with E-state index < -0.39 is 0 Å². The van der Waals surface area contributed by atoms with Crippen molar-refractivity contribution in [1.82, 2.24) is 0 Å². The second-order valence-electron chi connectivity index (χ2n) is 11.0. The summed E-state index contributed by atoms with van der Waals surface area (Å²) in [6.07, 6.45) is 0.662. The fourth-order valence-corrected chi connectivity index (χ4v) is 5.70. The monoisotopic (exact) mass is 558 g/mol. The van der Waals surface area contributed by atoms with Crippen molar-refractivity contribution in [3.63, 3.8) is 0 Å². The van der Waals surface area contributed by atoms with Crippen LogP contribution in [0.25, 0.3) is 33.4 Å². The summed E-state index contributed by atoms with van der Waals surface area (Å²) in [5.41, 5.74) is 10.7. The Morgan fingerprint density at radius 2 is 1.00 bits per heavy atom. The van der Waals surface area contributed by atoms with E-state index in [0.29, 0.717) is 25.4 Å². The molecule has 5 aromatic carbocycles. The number of hydrogen-bond acceptors (Lipinski definition) is 4. The molecule has 5 aromatic rings. The maximum atomic E-state index is 11.6. The van der Waals surface area contributed by atoms with Gasteiger partial charge in [0.2, 0.25) is 0 Å². The summed E-state index contributed by atoms with van der Waals surface area (Å²) in [6, 6.07) is 29.5. The van der Waals surface area contributed by atoms with Crippen LogP contribution in [0.15, 0.2) is 91.0 Å². The quantitative estimate of drug-likeness (QED) is 0.177. The van der Waals surface area contributed by atoms with Crippen LogP contribution in [0.4, 0.5) is 0 Å². The molecule has 0 saturated heterocycles. The Hall–Kier alpha value is -4.70. The molecule has 0 fully saturated rings. The molecule has 0 aliphatic heterocycles. The average Bonchev–Trinajstić information content (AvgIpc) is 2.96. The van der Waals surface area contributed by atoms with Gasteiger partial charge in [-0.15, -0.1) is 0 Å². The standard InChI is InChI=1S/C38H38O4/c1-24-15-16-34(39)31(21-24)29-11-6-8-13-35(29)41-17-10-18-42-36-14-9-7-12-30(36)32-22-26(3)23-33(38(32)40)37-27(4)19-25(2)20-28(37)5/h6-9,11-16,19-23,39-40H,10,17-18H2,1-5H3. The van der Waals surface area contributed by atoms with Crippen molar-refractivity contribution in [1.29, 1.82) is 0 Å². The number of para-hydroxylation sites is 2. The van der Waals surface area contributed by atoms with Gasteiger partial charge >= 0.3 is 0 Å². The number of ether oxygens (including phenoxy) is 2. The molecular formula is C38H38O4. The molecule has 0 heterocycles. The van der Waals surface area contributed by atoms with Gasteiger partial charge in [-0.3, -0.25) is 0 Å². The van der Waals surface area contributed by atoms with Crippen LogP contribution in [0.1, 0.15) is 34.2 Å². The molecule has 0 aliphatic rings. The van der Waals surface area contributed by atoms with Gasteiger partial charge in [-0.1, -0.05) is 65.7 Å². The first-order chi connectivity index (χ1) is 20.2. The SMILES string of the molecule is Cc1cc(C)c(-c2cc(C)cc(-c3ccccc3OCCCOc3ccccc3-c3cc(C)ccc3O)c2O)c(C)c1. The van der Waals surface area contributed by atoms with Crippen LogP contribution in [0.3, 0.4) is 0 Å². The zero-order valence-corrected chi connectivity index (χ0v) is 25.0. The molecule has 0 radical (unpaired) electrons. The number of phenols is 2. The van der Waals surface area contributed by atoms with Crippen LogP contribution in [-0.2, 0) is 0 Å². The highest BCUT2D eigenvalue weighted by molar-refractivity contribution is 5.87. The Labute approximate surface area is 248 Å². The van der Waals surface area contributed by atoms with Crippen molar-refractivity contribution < 1.29 is 19.7 Å². The molecule has 0 bridgehead atoms. The molecule has 0 aliphatic carbocycles. The van der Waals surface area contributed by atoms with Crippen LogP contribution >= 0.6 is 0 Å². The second-order valence-corrected chi connectivity index (χ2v) is 11.0. The van der Waals surface area contributed by atoms with E-state index in [1.807, 2.05) is 73.7 Å². The van der Waals surface area contributed by atoms with E-state index in [1.54, 1.807) is 6.07 Å². The minimum Gasteiger partial charge on any atom is -0.507 e. The van der Waals surface area contributed by atoms with Crippen LogP contribution < -0.4 is 9.47 Å². The lowest BCUT2D eigenvalue weighted by molar-refractivity contribution is 0.248. The molecule has 42 heavy (non-hydrogen) atoms. The van der Waals surface area contributed by atoms with E-state index in [2.05, 4.69) is 45.9 Å². The summed E-state index contributed by atoms with van der Waals surface area (Å²) in [6.45, 7) is 11.2. The lowest BCUT2D eigenvalue weighted by atomic mass is 9.89. The molecular weight excluding hydrogens is 520 g/mol. The fourth-order valence-electron chi connectivity index (χ4n) is 5.70. The minimum atomic E-state index is 0.229. The number of rotatable bonds is 9. The van der Waals surface area contributed by atoms with Crippen LogP contribution in [0.5, 0.6) is 23.0 Å². The largest absolute Gasteiger partial charge is 0.507 e. The highest BCUT2D eigenvalue weighted by Crippen LogP contribution is 2.44. The van der Waals surface area contributed by atoms with Gasteiger partial charge in [0.05, 0.1) is 13.2 Å². The zero-order valence-electron chi connectivity index (χ0n) is 25.0. The Morgan fingerprint density at radius 3 is 1.62 bits per heavy atom. The Bertz CT molecular complexity index is 1710. The summed E-state index contributed by atoms with van der Waals surface area (Å²) < 4.78 is 12.4. The van der Waals surface area contributed by atoms with Crippen LogP contribution in [-0.4, -0.2) is 23.4 Å². The molecule has 5 rings (SSSR count). The highest BCUT2D eigenvalue weighted by Gasteiger charge is 2.18. The van der Waals surface area contributed by atoms with Gasteiger partial charge in [0.25, 0.3) is 0 Å². The van der Waals surface area contributed by atoms with E-state index >= 15 is 0 Å². The summed E-state index contributed by atoms with van der Waals surface area (Å²) in [5, 5.41) is 22.0. The molecule has 0 atom stereocenters. The maximum Gasteiger partial charge on any atom is 0.131 e. The average molecular weight is 559 g/mol. The molecule has 4 nitrogen and oxygen atoms in total. The van der Waals surface area contributed by atoms with Gasteiger partial charge in [0.15, 0.2) is 0 Å². The number of hydrogen-bond donors (Lipinski definition) is 2. The molecule has 0 spiro atoms. The molecule has 4 heteroatoms. The maximum absolute atomic E-state index is 11.6. The van der Waals surface area contributed by atoms with Gasteiger partial charge in [-0.25, -0.2) is 0 Å². The third kappa shape index (κ3) is 6.13. The van der Waals surface area contributed by atoms with Gasteiger partial charge in [0.1, 0.15) is 23.0 Å². The summed E-state index contributed by atoms with van der Waals surface area (Å²) in [5.74, 6) is 1.92. The molecule has 0 unspecified atom stereocenters. The molecule has 2 N–H and O–H groups in total. The second kappa shape index (κ2) is 12.4.